The van der Waals surface area contributed by atoms with Crippen LogP contribution < -0.4 is 15.1 Å². The highest BCUT2D eigenvalue weighted by molar-refractivity contribution is 6.01. The molecule has 0 saturated carbocycles. The number of rotatable bonds is 5. The molecular formula is C18H21N5O2. The Bertz CT molecular complexity index is 761. The second kappa shape index (κ2) is 7.06. The van der Waals surface area contributed by atoms with E-state index in [2.05, 4.69) is 20.2 Å². The standard InChI is InChI=1S/C18H21N5O2/c24-18-11-14-3-1-2-4-15(14)23(18)6-5-19-16-12-17(21-13-20-16)22-7-9-25-10-8-22/h1-4,12-13H,5-11H2,(H,19,20,21). The van der Waals surface area contributed by atoms with Gasteiger partial charge in [0.25, 0.3) is 0 Å². The number of anilines is 3. The Morgan fingerprint density at radius 1 is 1.16 bits per heavy atom. The van der Waals surface area contributed by atoms with Crippen molar-refractivity contribution in [2.24, 2.45) is 0 Å². The SMILES string of the molecule is O=C1Cc2ccccc2N1CCNc1cc(N2CCOCC2)ncn1. The molecule has 2 aromatic rings. The molecule has 25 heavy (non-hydrogen) atoms. The van der Waals surface area contributed by atoms with Crippen molar-refractivity contribution in [1.82, 2.24) is 9.97 Å². The second-order valence-electron chi connectivity index (χ2n) is 6.14. The molecule has 1 amide bonds. The van der Waals surface area contributed by atoms with E-state index in [1.165, 1.54) is 0 Å². The fraction of sp³-hybridized carbons (Fsp3) is 0.389. The summed E-state index contributed by atoms with van der Waals surface area (Å²) < 4.78 is 5.37. The van der Waals surface area contributed by atoms with Crippen molar-refractivity contribution in [3.05, 3.63) is 42.2 Å². The van der Waals surface area contributed by atoms with Gasteiger partial charge in [-0.2, -0.15) is 0 Å². The first kappa shape index (κ1) is 15.8. The van der Waals surface area contributed by atoms with Crippen molar-refractivity contribution in [2.75, 3.05) is 54.5 Å². The average Bonchev–Trinajstić information content (AvgIpc) is 2.98. The number of amides is 1. The van der Waals surface area contributed by atoms with Gasteiger partial charge in [-0.25, -0.2) is 9.97 Å². The van der Waals surface area contributed by atoms with E-state index in [1.807, 2.05) is 35.2 Å². The molecule has 1 saturated heterocycles. The first-order valence-electron chi connectivity index (χ1n) is 8.58. The molecule has 7 nitrogen and oxygen atoms in total. The topological polar surface area (TPSA) is 70.6 Å². The molecule has 3 heterocycles. The molecule has 0 aliphatic carbocycles. The number of fused-ring (bicyclic) bond motifs is 1. The van der Waals surface area contributed by atoms with E-state index in [1.54, 1.807) is 6.33 Å². The second-order valence-corrected chi connectivity index (χ2v) is 6.14. The van der Waals surface area contributed by atoms with Gasteiger partial charge in [0.2, 0.25) is 5.91 Å². The van der Waals surface area contributed by atoms with E-state index >= 15 is 0 Å². The Hall–Kier alpha value is -2.67. The molecule has 7 heteroatoms. The van der Waals surface area contributed by atoms with E-state index < -0.39 is 0 Å². The van der Waals surface area contributed by atoms with E-state index in [4.69, 9.17) is 4.74 Å². The minimum atomic E-state index is 0.152. The summed E-state index contributed by atoms with van der Waals surface area (Å²) in [6.07, 6.45) is 2.06. The number of ether oxygens (including phenoxy) is 1. The normalized spacial score (nSPS) is 16.9. The van der Waals surface area contributed by atoms with Gasteiger partial charge in [0.1, 0.15) is 18.0 Å². The van der Waals surface area contributed by atoms with Crippen molar-refractivity contribution in [1.29, 1.82) is 0 Å². The molecule has 1 aromatic heterocycles. The van der Waals surface area contributed by atoms with Crippen molar-refractivity contribution in [3.8, 4) is 0 Å². The van der Waals surface area contributed by atoms with E-state index in [-0.39, 0.29) is 5.91 Å². The van der Waals surface area contributed by atoms with E-state index in [0.29, 0.717) is 19.5 Å². The molecule has 2 aliphatic heterocycles. The van der Waals surface area contributed by atoms with Gasteiger partial charge >= 0.3 is 0 Å². The molecule has 130 valence electrons. The van der Waals surface area contributed by atoms with Crippen molar-refractivity contribution < 1.29 is 9.53 Å². The van der Waals surface area contributed by atoms with Crippen molar-refractivity contribution in [3.63, 3.8) is 0 Å². The van der Waals surface area contributed by atoms with Crippen LogP contribution in [0.3, 0.4) is 0 Å². The molecule has 1 N–H and O–H groups in total. The number of hydrogen-bond acceptors (Lipinski definition) is 6. The number of carbonyl (C=O) groups excluding carboxylic acids is 1. The third-order valence-electron chi connectivity index (χ3n) is 4.55. The van der Waals surface area contributed by atoms with Crippen LogP contribution in [0, 0.1) is 0 Å². The Kier molecular flexibility index (Phi) is 4.47. The summed E-state index contributed by atoms with van der Waals surface area (Å²) in [6, 6.07) is 9.91. The molecular weight excluding hydrogens is 318 g/mol. The maximum atomic E-state index is 12.2. The number of aromatic nitrogens is 2. The lowest BCUT2D eigenvalue weighted by Crippen LogP contribution is -2.36. The zero-order chi connectivity index (χ0) is 17.1. The molecule has 0 bridgehead atoms. The Labute approximate surface area is 146 Å². The fourth-order valence-electron chi connectivity index (χ4n) is 3.27. The molecule has 0 unspecified atom stereocenters. The predicted octanol–water partition coefficient (Wildman–Crippen LogP) is 1.31. The number of hydrogen-bond donors (Lipinski definition) is 1. The Morgan fingerprint density at radius 2 is 2.00 bits per heavy atom. The molecule has 4 rings (SSSR count). The fourth-order valence-corrected chi connectivity index (χ4v) is 3.27. The van der Waals surface area contributed by atoms with Crippen molar-refractivity contribution >= 4 is 23.2 Å². The largest absolute Gasteiger partial charge is 0.378 e. The number of carbonyl (C=O) groups is 1. The summed E-state index contributed by atoms with van der Waals surface area (Å²) in [5, 5.41) is 3.30. The van der Waals surface area contributed by atoms with Gasteiger partial charge in [0, 0.05) is 37.9 Å². The lowest BCUT2D eigenvalue weighted by molar-refractivity contribution is -0.117. The van der Waals surface area contributed by atoms with Crippen molar-refractivity contribution in [2.45, 2.75) is 6.42 Å². The highest BCUT2D eigenvalue weighted by Gasteiger charge is 2.26. The van der Waals surface area contributed by atoms with Crippen LogP contribution in [0.4, 0.5) is 17.3 Å². The molecule has 0 atom stereocenters. The van der Waals surface area contributed by atoms with Crippen LogP contribution in [0.15, 0.2) is 36.7 Å². The number of nitrogens with one attached hydrogen (secondary N) is 1. The van der Waals surface area contributed by atoms with Gasteiger partial charge in [-0.05, 0) is 11.6 Å². The first-order chi connectivity index (χ1) is 12.3. The molecule has 0 spiro atoms. The lowest BCUT2D eigenvalue weighted by Gasteiger charge is -2.27. The van der Waals surface area contributed by atoms with Crippen LogP contribution >= 0.6 is 0 Å². The van der Waals surface area contributed by atoms with Gasteiger partial charge in [0.15, 0.2) is 0 Å². The monoisotopic (exact) mass is 339 g/mol. The maximum absolute atomic E-state index is 12.2. The number of benzene rings is 1. The summed E-state index contributed by atoms with van der Waals surface area (Å²) in [5.41, 5.74) is 2.12. The highest BCUT2D eigenvalue weighted by Crippen LogP contribution is 2.27. The maximum Gasteiger partial charge on any atom is 0.231 e. The molecule has 1 fully saturated rings. The van der Waals surface area contributed by atoms with Gasteiger partial charge < -0.3 is 19.9 Å². The summed E-state index contributed by atoms with van der Waals surface area (Å²) in [5.74, 6) is 1.83. The van der Waals surface area contributed by atoms with Gasteiger partial charge in [0.05, 0.1) is 19.6 Å². The van der Waals surface area contributed by atoms with Crippen LogP contribution in [-0.4, -0.2) is 55.3 Å². The average molecular weight is 339 g/mol. The quantitative estimate of drug-likeness (QED) is 0.886. The third-order valence-corrected chi connectivity index (χ3v) is 4.55. The molecule has 1 aromatic carbocycles. The van der Waals surface area contributed by atoms with Crippen LogP contribution in [0.1, 0.15) is 5.56 Å². The van der Waals surface area contributed by atoms with Crippen LogP contribution in [-0.2, 0) is 16.0 Å². The third kappa shape index (κ3) is 3.41. The van der Waals surface area contributed by atoms with E-state index in [9.17, 15) is 4.79 Å². The van der Waals surface area contributed by atoms with Gasteiger partial charge in [-0.15, -0.1) is 0 Å². The summed E-state index contributed by atoms with van der Waals surface area (Å²) >= 11 is 0. The van der Waals surface area contributed by atoms with Gasteiger partial charge in [-0.1, -0.05) is 18.2 Å². The lowest BCUT2D eigenvalue weighted by atomic mass is 10.2. The zero-order valence-electron chi connectivity index (χ0n) is 14.0. The highest BCUT2D eigenvalue weighted by atomic mass is 16.5. The number of para-hydroxylation sites is 1. The first-order valence-corrected chi connectivity index (χ1v) is 8.58. The minimum Gasteiger partial charge on any atom is -0.378 e. The predicted molar refractivity (Wildman–Crippen MR) is 96.1 cm³/mol. The minimum absolute atomic E-state index is 0.152. The van der Waals surface area contributed by atoms with Gasteiger partial charge in [-0.3, -0.25) is 4.79 Å². The van der Waals surface area contributed by atoms with Crippen LogP contribution in [0.2, 0.25) is 0 Å². The molecule has 2 aliphatic rings. The Balaban J connectivity index is 1.37. The van der Waals surface area contributed by atoms with Crippen LogP contribution in [0.5, 0.6) is 0 Å². The zero-order valence-corrected chi connectivity index (χ0v) is 14.0. The van der Waals surface area contributed by atoms with Crippen LogP contribution in [0.25, 0.3) is 0 Å². The molecule has 0 radical (unpaired) electrons. The smallest absolute Gasteiger partial charge is 0.231 e. The summed E-state index contributed by atoms with van der Waals surface area (Å²) in [6.45, 7) is 4.39. The van der Waals surface area contributed by atoms with E-state index in [0.717, 1.165) is 49.2 Å². The number of nitrogens with zero attached hydrogens (tertiary/aromatic N) is 4. The summed E-state index contributed by atoms with van der Waals surface area (Å²) in [4.78, 5) is 24.8. The summed E-state index contributed by atoms with van der Waals surface area (Å²) in [7, 11) is 0. The number of morpholine rings is 1. The Morgan fingerprint density at radius 3 is 2.88 bits per heavy atom.